The third kappa shape index (κ3) is 4.72. The van der Waals surface area contributed by atoms with Crippen molar-refractivity contribution in [2.24, 2.45) is 0 Å². The Bertz CT molecular complexity index is 421. The number of likely N-dealkylation sites (N-methyl/N-ethyl adjacent to an activating group) is 1. The van der Waals surface area contributed by atoms with Gasteiger partial charge in [-0.1, -0.05) is 32.4 Å². The molecule has 1 aromatic rings. The maximum Gasteiger partial charge on any atom is 0.119 e. The van der Waals surface area contributed by atoms with Crippen molar-refractivity contribution in [3.8, 4) is 5.75 Å². The molecule has 1 saturated heterocycles. The number of nitrogens with zero attached hydrogens (tertiary/aromatic N) is 1. The number of likely N-dealkylation sites (tertiary alicyclic amines) is 1. The van der Waals surface area contributed by atoms with Gasteiger partial charge in [0.2, 0.25) is 0 Å². The Morgan fingerprint density at radius 1 is 1.33 bits per heavy atom. The fourth-order valence-electron chi connectivity index (χ4n) is 3.11. The Hall–Kier alpha value is -1.06. The Morgan fingerprint density at radius 2 is 2.19 bits per heavy atom. The predicted molar refractivity (Wildman–Crippen MR) is 88.9 cm³/mol. The first kappa shape index (κ1) is 16.3. The van der Waals surface area contributed by atoms with Crippen molar-refractivity contribution >= 4 is 0 Å². The monoisotopic (exact) mass is 290 g/mol. The van der Waals surface area contributed by atoms with E-state index in [4.69, 9.17) is 4.74 Å². The van der Waals surface area contributed by atoms with Gasteiger partial charge in [0.05, 0.1) is 0 Å². The van der Waals surface area contributed by atoms with Crippen LogP contribution >= 0.6 is 0 Å². The number of hydrogen-bond acceptors (Lipinski definition) is 3. The molecule has 1 aliphatic rings. The van der Waals surface area contributed by atoms with Crippen LogP contribution in [0.3, 0.4) is 0 Å². The molecular weight excluding hydrogens is 260 g/mol. The van der Waals surface area contributed by atoms with Crippen LogP contribution in [0.2, 0.25) is 0 Å². The minimum atomic E-state index is 0.427. The highest BCUT2D eigenvalue weighted by molar-refractivity contribution is 5.30. The highest BCUT2D eigenvalue weighted by atomic mass is 16.5. The van der Waals surface area contributed by atoms with Crippen LogP contribution in [0, 0.1) is 0 Å². The van der Waals surface area contributed by atoms with Gasteiger partial charge in [-0.25, -0.2) is 0 Å². The summed E-state index contributed by atoms with van der Waals surface area (Å²) in [6.07, 6.45) is 5.01. The van der Waals surface area contributed by atoms with Crippen LogP contribution in [-0.4, -0.2) is 37.7 Å². The minimum Gasteiger partial charge on any atom is -0.492 e. The summed E-state index contributed by atoms with van der Waals surface area (Å²) in [5.74, 6) is 1.00. The van der Waals surface area contributed by atoms with Gasteiger partial charge in [0, 0.05) is 12.1 Å². The molecular formula is C18H30N2O. The summed E-state index contributed by atoms with van der Waals surface area (Å²) in [7, 11) is 2.21. The second kappa shape index (κ2) is 8.40. The molecule has 1 N–H and O–H groups in total. The van der Waals surface area contributed by atoms with Crippen molar-refractivity contribution in [2.45, 2.75) is 51.6 Å². The van der Waals surface area contributed by atoms with Crippen molar-refractivity contribution in [2.75, 3.05) is 26.7 Å². The third-order valence-corrected chi connectivity index (χ3v) is 4.48. The normalized spacial score (nSPS) is 21.2. The van der Waals surface area contributed by atoms with Crippen molar-refractivity contribution in [3.05, 3.63) is 29.8 Å². The zero-order chi connectivity index (χ0) is 15.1. The minimum absolute atomic E-state index is 0.427. The Balaban J connectivity index is 1.94. The SMILES string of the molecule is CCNC(CC)c1cccc(OCC2CCCCN2C)c1. The molecule has 118 valence electrons. The van der Waals surface area contributed by atoms with Gasteiger partial charge in [0.15, 0.2) is 0 Å². The van der Waals surface area contributed by atoms with E-state index in [1.807, 2.05) is 0 Å². The molecule has 2 unspecified atom stereocenters. The van der Waals surface area contributed by atoms with Gasteiger partial charge < -0.3 is 15.0 Å². The number of benzene rings is 1. The summed E-state index contributed by atoms with van der Waals surface area (Å²) in [6.45, 7) is 7.38. The van der Waals surface area contributed by atoms with E-state index in [1.165, 1.54) is 31.4 Å². The summed E-state index contributed by atoms with van der Waals surface area (Å²) in [6, 6.07) is 9.56. The fourth-order valence-corrected chi connectivity index (χ4v) is 3.11. The zero-order valence-corrected chi connectivity index (χ0v) is 13.8. The molecule has 0 bridgehead atoms. The van der Waals surface area contributed by atoms with Crippen LogP contribution < -0.4 is 10.1 Å². The van der Waals surface area contributed by atoms with Crippen molar-refractivity contribution in [1.29, 1.82) is 0 Å². The molecule has 3 heteroatoms. The summed E-state index contributed by atoms with van der Waals surface area (Å²) in [5.41, 5.74) is 1.33. The first-order valence-corrected chi connectivity index (χ1v) is 8.41. The lowest BCUT2D eigenvalue weighted by Crippen LogP contribution is -2.40. The van der Waals surface area contributed by atoms with Crippen molar-refractivity contribution in [1.82, 2.24) is 10.2 Å². The number of piperidine rings is 1. The molecule has 2 rings (SSSR count). The van der Waals surface area contributed by atoms with Gasteiger partial charge in [0.1, 0.15) is 12.4 Å². The molecule has 0 aliphatic carbocycles. The first-order chi connectivity index (χ1) is 10.2. The number of rotatable bonds is 7. The maximum absolute atomic E-state index is 6.06. The maximum atomic E-state index is 6.06. The Morgan fingerprint density at radius 3 is 2.90 bits per heavy atom. The lowest BCUT2D eigenvalue weighted by atomic mass is 10.0. The van der Waals surface area contributed by atoms with E-state index >= 15 is 0 Å². The van der Waals surface area contributed by atoms with Crippen molar-refractivity contribution in [3.63, 3.8) is 0 Å². The van der Waals surface area contributed by atoms with Gasteiger partial charge in [-0.05, 0) is 57.1 Å². The second-order valence-electron chi connectivity index (χ2n) is 6.03. The molecule has 1 aromatic carbocycles. The smallest absolute Gasteiger partial charge is 0.119 e. The highest BCUT2D eigenvalue weighted by Crippen LogP contribution is 2.23. The van der Waals surface area contributed by atoms with Gasteiger partial charge in [0.25, 0.3) is 0 Å². The molecule has 0 amide bonds. The molecule has 0 saturated carbocycles. The quantitative estimate of drug-likeness (QED) is 0.830. The zero-order valence-electron chi connectivity index (χ0n) is 13.8. The van der Waals surface area contributed by atoms with Crippen LogP contribution in [0.4, 0.5) is 0 Å². The van der Waals surface area contributed by atoms with Crippen LogP contribution in [0.1, 0.15) is 51.1 Å². The molecule has 0 radical (unpaired) electrons. The summed E-state index contributed by atoms with van der Waals surface area (Å²) in [4.78, 5) is 2.43. The van der Waals surface area contributed by atoms with E-state index in [-0.39, 0.29) is 0 Å². The number of nitrogens with one attached hydrogen (secondary N) is 1. The molecule has 21 heavy (non-hydrogen) atoms. The van der Waals surface area contributed by atoms with E-state index in [0.717, 1.165) is 25.3 Å². The molecule has 0 spiro atoms. The van der Waals surface area contributed by atoms with Gasteiger partial charge in [-0.15, -0.1) is 0 Å². The molecule has 1 fully saturated rings. The Labute approximate surface area is 129 Å². The molecule has 1 aliphatic heterocycles. The highest BCUT2D eigenvalue weighted by Gasteiger charge is 2.19. The van der Waals surface area contributed by atoms with Crippen LogP contribution in [0.5, 0.6) is 5.75 Å². The second-order valence-corrected chi connectivity index (χ2v) is 6.03. The predicted octanol–water partition coefficient (Wildman–Crippen LogP) is 3.61. The van der Waals surface area contributed by atoms with Crippen molar-refractivity contribution < 1.29 is 4.74 Å². The summed E-state index contributed by atoms with van der Waals surface area (Å²) < 4.78 is 6.06. The third-order valence-electron chi connectivity index (χ3n) is 4.48. The van der Waals surface area contributed by atoms with E-state index in [1.54, 1.807) is 0 Å². The average Bonchev–Trinajstić information content (AvgIpc) is 2.52. The van der Waals surface area contributed by atoms with Gasteiger partial charge in [-0.3, -0.25) is 0 Å². The van der Waals surface area contributed by atoms with E-state index in [2.05, 4.69) is 55.4 Å². The lowest BCUT2D eigenvalue weighted by Gasteiger charge is -2.32. The number of hydrogen-bond donors (Lipinski definition) is 1. The Kier molecular flexibility index (Phi) is 6.52. The van der Waals surface area contributed by atoms with E-state index < -0.39 is 0 Å². The van der Waals surface area contributed by atoms with Crippen LogP contribution in [-0.2, 0) is 0 Å². The molecule has 0 aromatic heterocycles. The first-order valence-electron chi connectivity index (χ1n) is 8.41. The van der Waals surface area contributed by atoms with Crippen LogP contribution in [0.25, 0.3) is 0 Å². The standard InChI is InChI=1S/C18H30N2O/c1-4-18(19-5-2)15-9-8-11-17(13-15)21-14-16-10-6-7-12-20(16)3/h8-9,11,13,16,18-19H,4-7,10,12,14H2,1-3H3. The number of ether oxygens (including phenoxy) is 1. The lowest BCUT2D eigenvalue weighted by molar-refractivity contribution is 0.125. The molecule has 3 nitrogen and oxygen atoms in total. The van der Waals surface area contributed by atoms with Crippen LogP contribution in [0.15, 0.2) is 24.3 Å². The summed E-state index contributed by atoms with van der Waals surface area (Å²) in [5, 5.41) is 3.52. The topological polar surface area (TPSA) is 24.5 Å². The largest absolute Gasteiger partial charge is 0.492 e. The molecule has 1 heterocycles. The fraction of sp³-hybridized carbons (Fsp3) is 0.667. The average molecular weight is 290 g/mol. The van der Waals surface area contributed by atoms with Gasteiger partial charge >= 0.3 is 0 Å². The van der Waals surface area contributed by atoms with E-state index in [9.17, 15) is 0 Å². The van der Waals surface area contributed by atoms with Gasteiger partial charge in [-0.2, -0.15) is 0 Å². The van der Waals surface area contributed by atoms with E-state index in [0.29, 0.717) is 12.1 Å². The molecule has 2 atom stereocenters. The summed E-state index contributed by atoms with van der Waals surface area (Å²) >= 11 is 0.